The number of benzene rings is 3. The van der Waals surface area contributed by atoms with E-state index >= 15 is 0 Å². The van der Waals surface area contributed by atoms with E-state index in [1.54, 1.807) is 47.0 Å². The molecule has 1 aromatic heterocycles. The van der Waals surface area contributed by atoms with Crippen molar-refractivity contribution in [2.75, 3.05) is 26.2 Å². The summed E-state index contributed by atoms with van der Waals surface area (Å²) in [6.45, 7) is 0. The van der Waals surface area contributed by atoms with E-state index in [1.807, 2.05) is 30.3 Å². The first-order valence-electron chi connectivity index (χ1n) is 10.9. The number of nitrogens with zero attached hydrogens (tertiary/aromatic N) is 4. The molecule has 0 radical (unpaired) electrons. The molecular formula is C26H20N4O5. The first-order chi connectivity index (χ1) is 17.1. The Morgan fingerprint density at radius 1 is 0.857 bits per heavy atom. The van der Waals surface area contributed by atoms with Gasteiger partial charge in [0.05, 0.1) is 32.6 Å². The van der Waals surface area contributed by atoms with E-state index in [2.05, 4.69) is 4.98 Å². The number of methoxy groups -OCH3 is 3. The van der Waals surface area contributed by atoms with Crippen molar-refractivity contribution in [3.8, 4) is 39.9 Å². The van der Waals surface area contributed by atoms with E-state index in [0.717, 1.165) is 0 Å². The number of carbonyl (C=O) groups excluding carboxylic acids is 1. The van der Waals surface area contributed by atoms with Crippen LogP contribution in [0, 0.1) is 0 Å². The first kappa shape index (κ1) is 20.9. The Morgan fingerprint density at radius 2 is 1.63 bits per heavy atom. The summed E-state index contributed by atoms with van der Waals surface area (Å²) in [5, 5.41) is 4.75. The number of hydrogen-bond donors (Lipinski definition) is 0. The molecule has 0 saturated heterocycles. The molecule has 0 saturated carbocycles. The molecule has 0 aliphatic carbocycles. The highest BCUT2D eigenvalue weighted by Gasteiger charge is 2.47. The minimum absolute atomic E-state index is 0.178. The number of carbonyl (C=O) groups is 1. The van der Waals surface area contributed by atoms with Crippen molar-refractivity contribution in [1.82, 2.24) is 14.8 Å². The van der Waals surface area contributed by atoms with Crippen LogP contribution < -0.4 is 24.7 Å². The minimum atomic E-state index is -0.646. The van der Waals surface area contributed by atoms with Crippen LogP contribution in [0.25, 0.3) is 22.6 Å². The maximum atomic E-state index is 13.8. The Kier molecular flexibility index (Phi) is 4.60. The van der Waals surface area contributed by atoms with Crippen LogP contribution in [0.4, 0.5) is 5.69 Å². The van der Waals surface area contributed by atoms with Crippen LogP contribution in [-0.2, 0) is 0 Å². The molecule has 2 aliphatic heterocycles. The van der Waals surface area contributed by atoms with E-state index in [0.29, 0.717) is 51.0 Å². The normalized spacial score (nSPS) is 15.1. The Hall–Kier alpha value is -4.66. The van der Waals surface area contributed by atoms with Crippen molar-refractivity contribution in [3.63, 3.8) is 0 Å². The third kappa shape index (κ3) is 2.87. The summed E-state index contributed by atoms with van der Waals surface area (Å²) >= 11 is 0. The predicted molar refractivity (Wildman–Crippen MR) is 128 cm³/mol. The molecule has 1 unspecified atom stereocenters. The minimum Gasteiger partial charge on any atom is -0.497 e. The Bertz CT molecular complexity index is 1560. The maximum absolute atomic E-state index is 13.8. The van der Waals surface area contributed by atoms with E-state index in [-0.39, 0.29) is 11.6 Å². The van der Waals surface area contributed by atoms with Gasteiger partial charge in [-0.05, 0) is 42.5 Å². The van der Waals surface area contributed by atoms with Crippen LogP contribution in [0.3, 0.4) is 0 Å². The first-order valence-corrected chi connectivity index (χ1v) is 10.9. The van der Waals surface area contributed by atoms with Gasteiger partial charge in [-0.15, -0.1) is 0 Å². The van der Waals surface area contributed by atoms with Crippen LogP contribution >= 0.6 is 0 Å². The molecule has 0 bridgehead atoms. The van der Waals surface area contributed by atoms with Crippen molar-refractivity contribution >= 4 is 11.6 Å². The van der Waals surface area contributed by atoms with E-state index in [9.17, 15) is 9.59 Å². The molecule has 4 aromatic rings. The van der Waals surface area contributed by atoms with Gasteiger partial charge >= 0.3 is 0 Å². The van der Waals surface area contributed by atoms with Gasteiger partial charge in [-0.1, -0.05) is 18.2 Å². The number of fused-ring (bicyclic) bond motifs is 8. The molecule has 2 aliphatic rings. The number of anilines is 1. The van der Waals surface area contributed by atoms with Gasteiger partial charge in [0.2, 0.25) is 0 Å². The summed E-state index contributed by atoms with van der Waals surface area (Å²) in [4.78, 5) is 33.0. The van der Waals surface area contributed by atoms with Crippen molar-refractivity contribution in [2.24, 2.45) is 0 Å². The van der Waals surface area contributed by atoms with E-state index in [4.69, 9.17) is 19.3 Å². The zero-order valence-corrected chi connectivity index (χ0v) is 19.2. The molecular weight excluding hydrogens is 448 g/mol. The molecule has 6 rings (SSSR count). The molecule has 174 valence electrons. The maximum Gasteiger partial charge on any atom is 0.300 e. The van der Waals surface area contributed by atoms with Crippen molar-refractivity contribution < 1.29 is 19.0 Å². The third-order valence-corrected chi connectivity index (χ3v) is 6.37. The summed E-state index contributed by atoms with van der Waals surface area (Å²) < 4.78 is 17.9. The van der Waals surface area contributed by atoms with Crippen LogP contribution in [0.2, 0.25) is 0 Å². The zero-order chi connectivity index (χ0) is 24.3. The predicted octanol–water partition coefficient (Wildman–Crippen LogP) is 3.52. The molecule has 3 aromatic carbocycles. The number of hydrogen-bond acceptors (Lipinski definition) is 7. The quantitative estimate of drug-likeness (QED) is 0.452. The molecule has 0 N–H and O–H groups in total. The number of ether oxygens (including phenoxy) is 3. The lowest BCUT2D eigenvalue weighted by molar-refractivity contribution is 0.0983. The average molecular weight is 468 g/mol. The van der Waals surface area contributed by atoms with Gasteiger partial charge in [-0.3, -0.25) is 14.5 Å². The lowest BCUT2D eigenvalue weighted by atomic mass is 10.0. The lowest BCUT2D eigenvalue weighted by Crippen LogP contribution is -2.39. The SMILES string of the molecule is COc1ccc(-c2nn3c(nc2=O)-c2ccccc2N2C(=O)c4c(ccc(OC)c4OC)C23)cc1. The Labute approximate surface area is 200 Å². The molecule has 3 heterocycles. The fourth-order valence-electron chi connectivity index (χ4n) is 4.79. The van der Waals surface area contributed by atoms with Gasteiger partial charge in [0.15, 0.2) is 29.2 Å². The number of aromatic nitrogens is 3. The second-order valence-electron chi connectivity index (χ2n) is 8.09. The van der Waals surface area contributed by atoms with Crippen LogP contribution in [0.5, 0.6) is 17.2 Å². The lowest BCUT2D eigenvalue weighted by Gasteiger charge is -2.34. The van der Waals surface area contributed by atoms with Gasteiger partial charge in [-0.2, -0.15) is 10.1 Å². The molecule has 0 fully saturated rings. The highest BCUT2D eigenvalue weighted by molar-refractivity contribution is 6.15. The van der Waals surface area contributed by atoms with Gasteiger partial charge in [-0.25, -0.2) is 4.68 Å². The standard InChI is InChI=1S/C26H20N4O5/c1-33-15-10-8-14(9-11-15)21-24(31)27-23-16-6-4-5-7-18(16)29-25(30(23)28-21)17-12-13-19(34-2)22(35-3)20(17)26(29)32/h4-13,25H,1-3H3. The topological polar surface area (TPSA) is 95.8 Å². The third-order valence-electron chi connectivity index (χ3n) is 6.37. The van der Waals surface area contributed by atoms with Gasteiger partial charge in [0.25, 0.3) is 11.5 Å². The second-order valence-corrected chi connectivity index (χ2v) is 8.09. The van der Waals surface area contributed by atoms with Crippen molar-refractivity contribution in [2.45, 2.75) is 6.17 Å². The number of rotatable bonds is 4. The highest BCUT2D eigenvalue weighted by atomic mass is 16.5. The largest absolute Gasteiger partial charge is 0.497 e. The summed E-state index contributed by atoms with van der Waals surface area (Å²) in [6.07, 6.45) is -0.646. The molecule has 9 heteroatoms. The summed E-state index contributed by atoms with van der Waals surface area (Å²) in [6, 6.07) is 18.0. The summed E-state index contributed by atoms with van der Waals surface area (Å²) in [5.41, 5.74) is 2.68. The smallest absolute Gasteiger partial charge is 0.300 e. The fourth-order valence-corrected chi connectivity index (χ4v) is 4.79. The molecule has 35 heavy (non-hydrogen) atoms. The van der Waals surface area contributed by atoms with E-state index < -0.39 is 11.7 Å². The molecule has 9 nitrogen and oxygen atoms in total. The van der Waals surface area contributed by atoms with Crippen molar-refractivity contribution in [1.29, 1.82) is 0 Å². The monoisotopic (exact) mass is 468 g/mol. The number of para-hydroxylation sites is 1. The van der Waals surface area contributed by atoms with Crippen LogP contribution in [0.1, 0.15) is 22.1 Å². The van der Waals surface area contributed by atoms with Crippen LogP contribution in [0.15, 0.2) is 65.5 Å². The summed E-state index contributed by atoms with van der Waals surface area (Å²) in [5.74, 6) is 1.62. The van der Waals surface area contributed by atoms with Crippen molar-refractivity contribution in [3.05, 3.63) is 82.1 Å². The van der Waals surface area contributed by atoms with E-state index in [1.165, 1.54) is 14.2 Å². The molecule has 0 spiro atoms. The molecule has 1 atom stereocenters. The fraction of sp³-hybridized carbons (Fsp3) is 0.154. The van der Waals surface area contributed by atoms with Crippen LogP contribution in [-0.4, -0.2) is 42.0 Å². The van der Waals surface area contributed by atoms with Gasteiger partial charge < -0.3 is 14.2 Å². The zero-order valence-electron chi connectivity index (χ0n) is 19.2. The summed E-state index contributed by atoms with van der Waals surface area (Å²) in [7, 11) is 4.61. The highest BCUT2D eigenvalue weighted by Crippen LogP contribution is 2.50. The molecule has 1 amide bonds. The Balaban J connectivity index is 1.64. The second kappa shape index (κ2) is 7.69. The number of amides is 1. The Morgan fingerprint density at radius 3 is 2.34 bits per heavy atom. The van der Waals surface area contributed by atoms with Gasteiger partial charge in [0, 0.05) is 16.7 Å². The van der Waals surface area contributed by atoms with Gasteiger partial charge in [0.1, 0.15) is 5.75 Å². The average Bonchev–Trinajstić information content (AvgIpc) is 3.20.